The van der Waals surface area contributed by atoms with Gasteiger partial charge < -0.3 is 29.6 Å². The van der Waals surface area contributed by atoms with Gasteiger partial charge in [-0.05, 0) is 6.92 Å². The monoisotopic (exact) mass is 494 g/mol. The summed E-state index contributed by atoms with van der Waals surface area (Å²) in [4.78, 5) is 41.1. The van der Waals surface area contributed by atoms with Crippen LogP contribution in [-0.2, 0) is 9.47 Å². The number of aryl methyl sites for hydroxylation is 1. The first-order chi connectivity index (χ1) is 15.9. The normalized spacial score (nSPS) is 23.9. The number of hydrogen-bond donors (Lipinski definition) is 2. The number of nitrogens with zero attached hydrogens (tertiary/aromatic N) is 4. The molecule has 3 fully saturated rings. The van der Waals surface area contributed by atoms with Crippen LogP contribution >= 0.6 is 23.2 Å². The van der Waals surface area contributed by atoms with Crippen molar-refractivity contribution in [2.75, 3.05) is 56.3 Å². The van der Waals surface area contributed by atoms with Gasteiger partial charge in [-0.1, -0.05) is 23.2 Å². The van der Waals surface area contributed by atoms with Crippen molar-refractivity contribution in [1.82, 2.24) is 20.3 Å². The van der Waals surface area contributed by atoms with Gasteiger partial charge >= 0.3 is 5.97 Å². The van der Waals surface area contributed by atoms with E-state index in [9.17, 15) is 9.59 Å². The molecule has 2 aromatic heterocycles. The quantitative estimate of drug-likeness (QED) is 0.606. The maximum atomic E-state index is 12.6. The number of anilines is 2. The first-order valence-corrected chi connectivity index (χ1v) is 11.5. The molecule has 10 nitrogen and oxygen atoms in total. The summed E-state index contributed by atoms with van der Waals surface area (Å²) < 4.78 is 10.3. The van der Waals surface area contributed by atoms with E-state index in [2.05, 4.69) is 20.2 Å². The number of halogens is 2. The van der Waals surface area contributed by atoms with Gasteiger partial charge in [-0.25, -0.2) is 9.78 Å². The standard InChI is InChI=1S/C21H24Cl2N6O4/c1-10-15(22)16(23)18(24-10)19(30)27-17-11-8-29(9-12(11)17)14-7-13(20(31)32-2)25-21(26-14)28-3-5-33-6-4-28/h7,11-12,17,24H,3-6,8-9H2,1-2H3,(H,27,30)/t11-,12+,17+. The highest BCUT2D eigenvalue weighted by atomic mass is 35.5. The van der Waals surface area contributed by atoms with Gasteiger partial charge in [0, 0.05) is 55.8 Å². The molecule has 2 N–H and O–H groups in total. The highest BCUT2D eigenvalue weighted by Gasteiger charge is 2.57. The van der Waals surface area contributed by atoms with Gasteiger partial charge in [-0.2, -0.15) is 4.98 Å². The molecule has 4 heterocycles. The van der Waals surface area contributed by atoms with Gasteiger partial charge in [0.2, 0.25) is 5.95 Å². The Morgan fingerprint density at radius 1 is 1.15 bits per heavy atom. The lowest BCUT2D eigenvalue weighted by atomic mass is 10.3. The Morgan fingerprint density at radius 2 is 1.85 bits per heavy atom. The molecule has 1 aliphatic carbocycles. The van der Waals surface area contributed by atoms with E-state index < -0.39 is 5.97 Å². The van der Waals surface area contributed by atoms with Crippen LogP contribution in [0.15, 0.2) is 6.07 Å². The van der Waals surface area contributed by atoms with Gasteiger partial charge in [-0.15, -0.1) is 0 Å². The molecule has 3 atom stereocenters. The van der Waals surface area contributed by atoms with Crippen LogP contribution in [0.2, 0.25) is 10.0 Å². The lowest BCUT2D eigenvalue weighted by Crippen LogP contribution is -2.38. The Hall–Kier alpha value is -2.56. The molecule has 5 rings (SSSR count). The third kappa shape index (κ3) is 4.11. The summed E-state index contributed by atoms with van der Waals surface area (Å²) in [5.74, 6) is 1.00. The number of carbonyl (C=O) groups excluding carboxylic acids is 2. The molecular formula is C21H24Cl2N6O4. The molecule has 2 saturated heterocycles. The molecule has 0 spiro atoms. The van der Waals surface area contributed by atoms with Crippen molar-refractivity contribution >= 4 is 46.8 Å². The minimum atomic E-state index is -0.501. The summed E-state index contributed by atoms with van der Waals surface area (Å²) >= 11 is 12.3. The van der Waals surface area contributed by atoms with Crippen molar-refractivity contribution in [2.24, 2.45) is 11.8 Å². The topological polar surface area (TPSA) is 113 Å². The van der Waals surface area contributed by atoms with Gasteiger partial charge in [-0.3, -0.25) is 4.79 Å². The van der Waals surface area contributed by atoms with E-state index >= 15 is 0 Å². The Morgan fingerprint density at radius 3 is 2.45 bits per heavy atom. The van der Waals surface area contributed by atoms with Gasteiger partial charge in [0.1, 0.15) is 11.5 Å². The molecule has 2 aliphatic heterocycles. The van der Waals surface area contributed by atoms with E-state index in [1.165, 1.54) is 7.11 Å². The van der Waals surface area contributed by atoms with E-state index in [0.29, 0.717) is 73.7 Å². The van der Waals surface area contributed by atoms with E-state index in [4.69, 9.17) is 37.7 Å². The zero-order valence-electron chi connectivity index (χ0n) is 18.2. The molecular weight excluding hydrogens is 471 g/mol. The number of nitrogens with one attached hydrogen (secondary N) is 2. The number of piperidine rings is 1. The lowest BCUT2D eigenvalue weighted by Gasteiger charge is -2.28. The average Bonchev–Trinajstić information content (AvgIpc) is 3.15. The summed E-state index contributed by atoms with van der Waals surface area (Å²) in [6, 6.07) is 1.73. The van der Waals surface area contributed by atoms with Gasteiger partial charge in [0.05, 0.1) is 30.4 Å². The number of morpholine rings is 1. The SMILES string of the molecule is COC(=O)c1cc(N2C[C@@H]3[C@H](C2)[C@H]3NC(=O)c2[nH]c(C)c(Cl)c2Cl)nc(N2CCOCC2)n1. The van der Waals surface area contributed by atoms with E-state index in [-0.39, 0.29) is 28.4 Å². The fourth-order valence-corrected chi connectivity index (χ4v) is 4.99. The molecule has 0 aromatic carbocycles. The van der Waals surface area contributed by atoms with Crippen LogP contribution in [0, 0.1) is 18.8 Å². The number of esters is 1. The zero-order valence-corrected chi connectivity index (χ0v) is 19.7. The van der Waals surface area contributed by atoms with Crippen LogP contribution < -0.4 is 15.1 Å². The number of carbonyl (C=O) groups is 2. The number of amides is 1. The third-order valence-electron chi connectivity index (χ3n) is 6.49. The molecule has 1 saturated carbocycles. The summed E-state index contributed by atoms with van der Waals surface area (Å²) in [5.41, 5.74) is 1.17. The summed E-state index contributed by atoms with van der Waals surface area (Å²) in [6.45, 7) is 5.70. The second-order valence-electron chi connectivity index (χ2n) is 8.49. The smallest absolute Gasteiger partial charge is 0.356 e. The highest BCUT2D eigenvalue weighted by molar-refractivity contribution is 6.44. The predicted molar refractivity (Wildman–Crippen MR) is 122 cm³/mol. The van der Waals surface area contributed by atoms with E-state index in [1.54, 1.807) is 13.0 Å². The van der Waals surface area contributed by atoms with Crippen LogP contribution in [0.1, 0.15) is 26.7 Å². The number of H-pyrrole nitrogens is 1. The minimum absolute atomic E-state index is 0.0628. The Bertz CT molecular complexity index is 1090. The summed E-state index contributed by atoms with van der Waals surface area (Å²) in [6.07, 6.45) is 0. The lowest BCUT2D eigenvalue weighted by molar-refractivity contribution is 0.0593. The first-order valence-electron chi connectivity index (χ1n) is 10.8. The Kier molecular flexibility index (Phi) is 5.84. The maximum Gasteiger partial charge on any atom is 0.356 e. The number of aromatic nitrogens is 3. The number of methoxy groups -OCH3 is 1. The van der Waals surface area contributed by atoms with Gasteiger partial charge in [0.25, 0.3) is 5.91 Å². The van der Waals surface area contributed by atoms with Crippen molar-refractivity contribution in [3.8, 4) is 0 Å². The second kappa shape index (κ2) is 8.66. The molecule has 0 bridgehead atoms. The van der Waals surface area contributed by atoms with Crippen LogP contribution in [0.3, 0.4) is 0 Å². The molecule has 12 heteroatoms. The number of rotatable bonds is 5. The fraction of sp³-hybridized carbons (Fsp3) is 0.524. The zero-order chi connectivity index (χ0) is 23.3. The minimum Gasteiger partial charge on any atom is -0.464 e. The molecule has 33 heavy (non-hydrogen) atoms. The fourth-order valence-electron chi connectivity index (χ4n) is 4.58. The van der Waals surface area contributed by atoms with Crippen LogP contribution in [-0.4, -0.2) is 79.4 Å². The van der Waals surface area contributed by atoms with Crippen LogP contribution in [0.25, 0.3) is 0 Å². The first kappa shape index (κ1) is 22.2. The second-order valence-corrected chi connectivity index (χ2v) is 9.24. The molecule has 176 valence electrons. The molecule has 0 unspecified atom stereocenters. The maximum absolute atomic E-state index is 12.6. The number of hydrogen-bond acceptors (Lipinski definition) is 8. The molecule has 2 aromatic rings. The summed E-state index contributed by atoms with van der Waals surface area (Å²) in [5, 5.41) is 3.67. The Balaban J connectivity index is 1.28. The highest BCUT2D eigenvalue weighted by Crippen LogP contribution is 2.47. The van der Waals surface area contributed by atoms with E-state index in [1.807, 2.05) is 4.90 Å². The van der Waals surface area contributed by atoms with Crippen LogP contribution in [0.5, 0.6) is 0 Å². The molecule has 3 aliphatic rings. The average molecular weight is 495 g/mol. The van der Waals surface area contributed by atoms with E-state index in [0.717, 1.165) is 0 Å². The van der Waals surface area contributed by atoms with Crippen molar-refractivity contribution in [2.45, 2.75) is 13.0 Å². The summed E-state index contributed by atoms with van der Waals surface area (Å²) in [7, 11) is 1.34. The van der Waals surface area contributed by atoms with Gasteiger partial charge in [0.15, 0.2) is 5.69 Å². The molecule has 0 radical (unpaired) electrons. The predicted octanol–water partition coefficient (Wildman–Crippen LogP) is 1.91. The number of fused-ring (bicyclic) bond motifs is 1. The largest absolute Gasteiger partial charge is 0.464 e. The third-order valence-corrected chi connectivity index (χ3v) is 7.43. The van der Waals surface area contributed by atoms with Crippen molar-refractivity contribution in [1.29, 1.82) is 0 Å². The van der Waals surface area contributed by atoms with Crippen molar-refractivity contribution in [3.05, 3.63) is 33.2 Å². The number of ether oxygens (including phenoxy) is 2. The Labute approximate surface area is 200 Å². The van der Waals surface area contributed by atoms with Crippen LogP contribution in [0.4, 0.5) is 11.8 Å². The molecule has 1 amide bonds. The van der Waals surface area contributed by atoms with Crippen molar-refractivity contribution < 1.29 is 19.1 Å². The van der Waals surface area contributed by atoms with Crippen molar-refractivity contribution in [3.63, 3.8) is 0 Å². The number of aromatic amines is 1.